The Hall–Kier alpha value is -2.75. The zero-order valence-corrected chi connectivity index (χ0v) is 13.5. The molecular weight excluding hydrogens is 290 g/mol. The Bertz CT molecular complexity index is 814. The maximum Gasteiger partial charge on any atom is 0.340 e. The minimum atomic E-state index is -0.344. The Morgan fingerprint density at radius 2 is 1.83 bits per heavy atom. The summed E-state index contributed by atoms with van der Waals surface area (Å²) in [6, 6.07) is 13.8. The zero-order chi connectivity index (χ0) is 16.4. The molecule has 0 aliphatic carbocycles. The molecule has 0 amide bonds. The number of carbonyl (C=O) groups is 1. The average Bonchev–Trinajstić information content (AvgIpc) is 3.17. The average molecular weight is 309 g/mol. The second-order valence-electron chi connectivity index (χ2n) is 5.46. The van der Waals surface area contributed by atoms with E-state index in [0.29, 0.717) is 17.9 Å². The summed E-state index contributed by atoms with van der Waals surface area (Å²) in [4.78, 5) is 12.3. The summed E-state index contributed by atoms with van der Waals surface area (Å²) >= 11 is 0. The Labute approximate surface area is 135 Å². The third kappa shape index (κ3) is 2.68. The predicted molar refractivity (Wildman–Crippen MR) is 88.5 cm³/mol. The molecule has 0 N–H and O–H groups in total. The topological polar surface area (TPSA) is 44.4 Å². The van der Waals surface area contributed by atoms with Crippen LogP contribution in [0.4, 0.5) is 0 Å². The molecule has 3 rings (SSSR count). The first kappa shape index (κ1) is 15.2. The maximum atomic E-state index is 12.3. The number of aromatic nitrogens is 1. The van der Waals surface area contributed by atoms with Crippen molar-refractivity contribution in [3.8, 4) is 11.3 Å². The molecule has 3 aromatic rings. The Morgan fingerprint density at radius 1 is 1.09 bits per heavy atom. The molecule has 0 fully saturated rings. The minimum Gasteiger partial charge on any atom is -0.465 e. The van der Waals surface area contributed by atoms with Gasteiger partial charge in [0.15, 0.2) is 0 Å². The van der Waals surface area contributed by atoms with Crippen LogP contribution in [0.1, 0.15) is 27.3 Å². The lowest BCUT2D eigenvalue weighted by molar-refractivity contribution is 0.0600. The largest absolute Gasteiger partial charge is 0.465 e. The highest BCUT2D eigenvalue weighted by Crippen LogP contribution is 2.33. The fourth-order valence-electron chi connectivity index (χ4n) is 2.96. The molecule has 0 saturated carbocycles. The van der Waals surface area contributed by atoms with Crippen molar-refractivity contribution in [3.63, 3.8) is 0 Å². The number of hydrogen-bond acceptors (Lipinski definition) is 3. The van der Waals surface area contributed by atoms with E-state index in [1.807, 2.05) is 44.2 Å². The SMILES string of the molecule is COC(=O)c1c(-c2ccco2)c(C)n(Cc2ccccc2)c1C. The molecule has 0 aliphatic heterocycles. The van der Waals surface area contributed by atoms with E-state index in [0.717, 1.165) is 17.0 Å². The van der Waals surface area contributed by atoms with Crippen LogP contribution in [0.2, 0.25) is 0 Å². The van der Waals surface area contributed by atoms with Gasteiger partial charge in [-0.05, 0) is 31.5 Å². The van der Waals surface area contributed by atoms with Crippen molar-refractivity contribution in [1.82, 2.24) is 4.57 Å². The molecule has 1 aromatic carbocycles. The van der Waals surface area contributed by atoms with Crippen LogP contribution >= 0.6 is 0 Å². The third-order valence-electron chi connectivity index (χ3n) is 4.12. The molecule has 0 saturated heterocycles. The van der Waals surface area contributed by atoms with Gasteiger partial charge in [0.25, 0.3) is 0 Å². The predicted octanol–water partition coefficient (Wildman–Crippen LogP) is 4.20. The summed E-state index contributed by atoms with van der Waals surface area (Å²) in [7, 11) is 1.40. The van der Waals surface area contributed by atoms with Crippen molar-refractivity contribution in [2.75, 3.05) is 7.11 Å². The Balaban J connectivity index is 2.16. The van der Waals surface area contributed by atoms with Gasteiger partial charge in [-0.25, -0.2) is 4.79 Å². The highest BCUT2D eigenvalue weighted by Gasteiger charge is 2.26. The standard InChI is InChI=1S/C19H19NO3/c1-13-17(16-10-7-11-23-16)18(19(21)22-3)14(2)20(13)12-15-8-5-4-6-9-15/h4-11H,12H2,1-3H3. The van der Waals surface area contributed by atoms with Crippen LogP contribution in [0, 0.1) is 13.8 Å². The summed E-state index contributed by atoms with van der Waals surface area (Å²) < 4.78 is 12.6. The number of rotatable bonds is 4. The van der Waals surface area contributed by atoms with Gasteiger partial charge in [-0.3, -0.25) is 0 Å². The fraction of sp³-hybridized carbons (Fsp3) is 0.211. The minimum absolute atomic E-state index is 0.344. The molecule has 2 heterocycles. The molecule has 4 nitrogen and oxygen atoms in total. The number of ether oxygens (including phenoxy) is 1. The maximum absolute atomic E-state index is 12.3. The van der Waals surface area contributed by atoms with Crippen LogP contribution in [0.25, 0.3) is 11.3 Å². The van der Waals surface area contributed by atoms with Gasteiger partial charge < -0.3 is 13.7 Å². The van der Waals surface area contributed by atoms with Gasteiger partial charge in [-0.15, -0.1) is 0 Å². The van der Waals surface area contributed by atoms with Crippen molar-refractivity contribution in [2.24, 2.45) is 0 Å². The Kier molecular flexibility index (Phi) is 4.06. The highest BCUT2D eigenvalue weighted by atomic mass is 16.5. The second-order valence-corrected chi connectivity index (χ2v) is 5.46. The number of benzene rings is 1. The molecule has 0 atom stereocenters. The van der Waals surface area contributed by atoms with Gasteiger partial charge in [0, 0.05) is 17.9 Å². The summed E-state index contributed by atoms with van der Waals surface area (Å²) in [6.45, 7) is 4.64. The van der Waals surface area contributed by atoms with E-state index in [4.69, 9.17) is 9.15 Å². The van der Waals surface area contributed by atoms with Crippen molar-refractivity contribution in [3.05, 3.63) is 71.2 Å². The number of nitrogens with zero attached hydrogens (tertiary/aromatic N) is 1. The number of carbonyl (C=O) groups excluding carboxylic acids is 1. The van der Waals surface area contributed by atoms with Crippen molar-refractivity contribution >= 4 is 5.97 Å². The summed E-state index contributed by atoms with van der Waals surface area (Å²) in [5, 5.41) is 0. The first-order chi connectivity index (χ1) is 11.1. The molecule has 23 heavy (non-hydrogen) atoms. The summed E-state index contributed by atoms with van der Waals surface area (Å²) in [6.07, 6.45) is 1.61. The first-order valence-corrected chi connectivity index (χ1v) is 7.49. The van der Waals surface area contributed by atoms with Gasteiger partial charge in [0.05, 0.1) is 24.5 Å². The molecule has 118 valence electrons. The van der Waals surface area contributed by atoms with E-state index in [1.165, 1.54) is 12.7 Å². The van der Waals surface area contributed by atoms with Gasteiger partial charge >= 0.3 is 5.97 Å². The van der Waals surface area contributed by atoms with Crippen LogP contribution in [-0.4, -0.2) is 17.6 Å². The third-order valence-corrected chi connectivity index (χ3v) is 4.12. The van der Waals surface area contributed by atoms with Gasteiger partial charge in [-0.2, -0.15) is 0 Å². The molecule has 0 bridgehead atoms. The van der Waals surface area contributed by atoms with E-state index in [2.05, 4.69) is 16.7 Å². The fourth-order valence-corrected chi connectivity index (χ4v) is 2.96. The smallest absolute Gasteiger partial charge is 0.340 e. The zero-order valence-electron chi connectivity index (χ0n) is 13.5. The molecule has 2 aromatic heterocycles. The van der Waals surface area contributed by atoms with Crippen LogP contribution in [0.5, 0.6) is 0 Å². The second kappa shape index (κ2) is 6.16. The van der Waals surface area contributed by atoms with Crippen molar-refractivity contribution in [1.29, 1.82) is 0 Å². The van der Waals surface area contributed by atoms with Crippen LogP contribution in [0.3, 0.4) is 0 Å². The van der Waals surface area contributed by atoms with E-state index < -0.39 is 0 Å². The van der Waals surface area contributed by atoms with E-state index in [1.54, 1.807) is 6.26 Å². The highest BCUT2D eigenvalue weighted by molar-refractivity contribution is 5.99. The molecule has 4 heteroatoms. The van der Waals surface area contributed by atoms with Crippen LogP contribution in [-0.2, 0) is 11.3 Å². The number of hydrogen-bond donors (Lipinski definition) is 0. The van der Waals surface area contributed by atoms with Crippen molar-refractivity contribution < 1.29 is 13.9 Å². The molecule has 0 radical (unpaired) electrons. The lowest BCUT2D eigenvalue weighted by Gasteiger charge is -2.09. The Morgan fingerprint density at radius 3 is 2.43 bits per heavy atom. The van der Waals surface area contributed by atoms with Gasteiger partial charge in [0.1, 0.15) is 5.76 Å². The van der Waals surface area contributed by atoms with Gasteiger partial charge in [0.2, 0.25) is 0 Å². The lowest BCUT2D eigenvalue weighted by atomic mass is 10.1. The summed E-state index contributed by atoms with van der Waals surface area (Å²) in [5.74, 6) is 0.335. The van der Waals surface area contributed by atoms with E-state index in [9.17, 15) is 4.79 Å². The molecular formula is C19H19NO3. The monoisotopic (exact) mass is 309 g/mol. The number of methoxy groups -OCH3 is 1. The number of furan rings is 1. The van der Waals surface area contributed by atoms with Crippen molar-refractivity contribution in [2.45, 2.75) is 20.4 Å². The summed E-state index contributed by atoms with van der Waals surface area (Å²) in [5.41, 5.74) is 4.41. The quantitative estimate of drug-likeness (QED) is 0.678. The van der Waals surface area contributed by atoms with E-state index in [-0.39, 0.29) is 5.97 Å². The van der Waals surface area contributed by atoms with Crippen LogP contribution in [0.15, 0.2) is 53.1 Å². The van der Waals surface area contributed by atoms with Crippen LogP contribution < -0.4 is 0 Å². The molecule has 0 spiro atoms. The lowest BCUT2D eigenvalue weighted by Crippen LogP contribution is -2.07. The van der Waals surface area contributed by atoms with E-state index >= 15 is 0 Å². The first-order valence-electron chi connectivity index (χ1n) is 7.49. The molecule has 0 unspecified atom stereocenters. The molecule has 0 aliphatic rings. The van der Waals surface area contributed by atoms with Gasteiger partial charge in [-0.1, -0.05) is 30.3 Å². The number of esters is 1. The normalized spacial score (nSPS) is 10.7.